The van der Waals surface area contributed by atoms with Crippen LogP contribution >= 0.6 is 12.2 Å². The molecule has 0 heterocycles. The molecule has 4 nitrogen and oxygen atoms in total. The van der Waals surface area contributed by atoms with Crippen molar-refractivity contribution in [1.29, 1.82) is 0 Å². The first kappa shape index (κ1) is 8.26. The lowest BCUT2D eigenvalue weighted by Crippen LogP contribution is -2.40. The predicted octanol–water partition coefficient (Wildman–Crippen LogP) is 0.633. The van der Waals surface area contributed by atoms with Crippen molar-refractivity contribution in [2.45, 2.75) is 18.9 Å². The van der Waals surface area contributed by atoms with Gasteiger partial charge in [0.25, 0.3) is 0 Å². The average Bonchev–Trinajstić information content (AvgIpc) is 2.65. The number of thiocarbonyl (C=S) groups is 1. The van der Waals surface area contributed by atoms with Crippen molar-refractivity contribution in [2.24, 2.45) is 0 Å². The number of carboxylic acid groups (broad SMARTS) is 1. The van der Waals surface area contributed by atoms with Crippen LogP contribution < -0.4 is 5.32 Å². The molecular weight excluding hydrogens is 164 g/mol. The van der Waals surface area contributed by atoms with Gasteiger partial charge >= 0.3 is 6.09 Å². The number of carbonyl (C=O) groups is 1. The molecule has 2 N–H and O–H groups in total. The van der Waals surface area contributed by atoms with Crippen molar-refractivity contribution in [3.05, 3.63) is 0 Å². The molecule has 11 heavy (non-hydrogen) atoms. The second-order valence-corrected chi connectivity index (χ2v) is 2.96. The molecule has 0 aromatic rings. The van der Waals surface area contributed by atoms with E-state index in [1.54, 1.807) is 11.9 Å². The van der Waals surface area contributed by atoms with E-state index >= 15 is 0 Å². The number of amides is 1. The van der Waals surface area contributed by atoms with E-state index in [1.807, 2.05) is 0 Å². The molecule has 0 aromatic heterocycles. The Hall–Kier alpha value is -0.840. The summed E-state index contributed by atoms with van der Waals surface area (Å²) < 4.78 is 0. The Morgan fingerprint density at radius 3 is 2.64 bits per heavy atom. The normalized spacial score (nSPS) is 15.7. The summed E-state index contributed by atoms with van der Waals surface area (Å²) in [5.74, 6) is 0. The van der Waals surface area contributed by atoms with Gasteiger partial charge in [0.1, 0.15) is 0 Å². The Morgan fingerprint density at radius 1 is 1.73 bits per heavy atom. The van der Waals surface area contributed by atoms with Gasteiger partial charge in [-0.3, -0.25) is 5.32 Å². The molecule has 0 atom stereocenters. The van der Waals surface area contributed by atoms with Gasteiger partial charge in [-0.2, -0.15) is 0 Å². The van der Waals surface area contributed by atoms with Gasteiger partial charge in [0, 0.05) is 13.1 Å². The van der Waals surface area contributed by atoms with E-state index in [0.29, 0.717) is 11.2 Å². The van der Waals surface area contributed by atoms with E-state index < -0.39 is 6.09 Å². The highest BCUT2D eigenvalue weighted by atomic mass is 32.1. The molecule has 62 valence electrons. The predicted molar refractivity (Wildman–Crippen MR) is 44.5 cm³/mol. The van der Waals surface area contributed by atoms with Crippen LogP contribution in [0, 0.1) is 0 Å². The number of rotatable bonds is 1. The zero-order valence-electron chi connectivity index (χ0n) is 6.20. The summed E-state index contributed by atoms with van der Waals surface area (Å²) in [4.78, 5) is 11.9. The van der Waals surface area contributed by atoms with Gasteiger partial charge < -0.3 is 10.0 Å². The molecule has 1 aliphatic carbocycles. The van der Waals surface area contributed by atoms with Crippen LogP contribution in [0.15, 0.2) is 0 Å². The topological polar surface area (TPSA) is 52.6 Å². The van der Waals surface area contributed by atoms with Crippen molar-refractivity contribution in [1.82, 2.24) is 10.2 Å². The fourth-order valence-electron chi connectivity index (χ4n) is 0.807. The van der Waals surface area contributed by atoms with Crippen LogP contribution in [0.2, 0.25) is 0 Å². The lowest BCUT2D eigenvalue weighted by Gasteiger charge is -2.17. The van der Waals surface area contributed by atoms with Crippen molar-refractivity contribution in [2.75, 3.05) is 7.05 Å². The number of hydrogen-bond donors (Lipinski definition) is 2. The summed E-state index contributed by atoms with van der Waals surface area (Å²) >= 11 is 4.80. The lowest BCUT2D eigenvalue weighted by atomic mass is 10.6. The highest BCUT2D eigenvalue weighted by molar-refractivity contribution is 7.80. The van der Waals surface area contributed by atoms with Crippen LogP contribution in [0.3, 0.4) is 0 Å². The lowest BCUT2D eigenvalue weighted by molar-refractivity contribution is 0.199. The minimum atomic E-state index is -1.09. The van der Waals surface area contributed by atoms with Gasteiger partial charge in [0.15, 0.2) is 5.11 Å². The van der Waals surface area contributed by atoms with E-state index in [-0.39, 0.29) is 0 Å². The third-order valence-corrected chi connectivity index (χ3v) is 2.02. The minimum Gasteiger partial charge on any atom is -0.465 e. The smallest absolute Gasteiger partial charge is 0.410 e. The second-order valence-electron chi connectivity index (χ2n) is 2.58. The molecule has 0 aromatic carbocycles. The maximum absolute atomic E-state index is 10.1. The second kappa shape index (κ2) is 3.04. The van der Waals surface area contributed by atoms with Crippen LogP contribution in [0.1, 0.15) is 12.8 Å². The minimum absolute atomic E-state index is 0.292. The Kier molecular flexibility index (Phi) is 2.28. The highest BCUT2D eigenvalue weighted by Gasteiger charge is 2.28. The Bertz CT molecular complexity index is 191. The Morgan fingerprint density at radius 2 is 2.27 bits per heavy atom. The van der Waals surface area contributed by atoms with Gasteiger partial charge in [0.05, 0.1) is 0 Å². The third-order valence-electron chi connectivity index (χ3n) is 1.63. The Balaban J connectivity index is 2.33. The number of hydrogen-bond acceptors (Lipinski definition) is 2. The van der Waals surface area contributed by atoms with Crippen LogP contribution in [-0.2, 0) is 0 Å². The molecular formula is C6H10N2O2S. The molecule has 1 amide bonds. The average molecular weight is 174 g/mol. The molecule has 1 rings (SSSR count). The largest absolute Gasteiger partial charge is 0.465 e. The molecule has 1 fully saturated rings. The van der Waals surface area contributed by atoms with E-state index in [9.17, 15) is 4.79 Å². The summed E-state index contributed by atoms with van der Waals surface area (Å²) in [6.45, 7) is 0. The molecule has 0 saturated heterocycles. The molecule has 0 bridgehead atoms. The Labute approximate surface area is 70.2 Å². The molecule has 0 spiro atoms. The highest BCUT2D eigenvalue weighted by Crippen LogP contribution is 2.25. The van der Waals surface area contributed by atoms with Crippen molar-refractivity contribution in [3.63, 3.8) is 0 Å². The van der Waals surface area contributed by atoms with Gasteiger partial charge in [0.2, 0.25) is 0 Å². The summed E-state index contributed by atoms with van der Waals surface area (Å²) in [5.41, 5.74) is 0. The molecule has 0 aliphatic heterocycles. The summed E-state index contributed by atoms with van der Waals surface area (Å²) in [7, 11) is 1.80. The van der Waals surface area contributed by atoms with Crippen molar-refractivity contribution >= 4 is 23.4 Å². The third kappa shape index (κ3) is 2.34. The summed E-state index contributed by atoms with van der Waals surface area (Å²) in [6, 6.07) is 0.453. The SMILES string of the molecule is CN(C(=S)NC(=O)O)C1CC1. The van der Waals surface area contributed by atoms with Gasteiger partial charge in [-0.1, -0.05) is 0 Å². The van der Waals surface area contributed by atoms with Crippen LogP contribution in [-0.4, -0.2) is 34.3 Å². The van der Waals surface area contributed by atoms with E-state index in [2.05, 4.69) is 5.32 Å². The monoisotopic (exact) mass is 174 g/mol. The van der Waals surface area contributed by atoms with Crippen molar-refractivity contribution < 1.29 is 9.90 Å². The molecule has 0 unspecified atom stereocenters. The first-order chi connectivity index (χ1) is 5.11. The quantitative estimate of drug-likeness (QED) is 0.573. The molecule has 1 saturated carbocycles. The zero-order chi connectivity index (χ0) is 8.43. The van der Waals surface area contributed by atoms with E-state index in [0.717, 1.165) is 12.8 Å². The number of nitrogens with one attached hydrogen (secondary N) is 1. The van der Waals surface area contributed by atoms with E-state index in [4.69, 9.17) is 17.3 Å². The van der Waals surface area contributed by atoms with Crippen LogP contribution in [0.25, 0.3) is 0 Å². The van der Waals surface area contributed by atoms with Gasteiger partial charge in [-0.05, 0) is 25.1 Å². The van der Waals surface area contributed by atoms with Gasteiger partial charge in [-0.15, -0.1) is 0 Å². The fourth-order valence-corrected chi connectivity index (χ4v) is 1.04. The first-order valence-corrected chi connectivity index (χ1v) is 3.79. The van der Waals surface area contributed by atoms with Crippen molar-refractivity contribution in [3.8, 4) is 0 Å². The van der Waals surface area contributed by atoms with Crippen LogP contribution in [0.4, 0.5) is 4.79 Å². The maximum atomic E-state index is 10.1. The number of nitrogens with zero attached hydrogens (tertiary/aromatic N) is 1. The van der Waals surface area contributed by atoms with Crippen LogP contribution in [0.5, 0.6) is 0 Å². The standard InChI is InChI=1S/C6H10N2O2S/c1-8(4-2-3-4)5(11)7-6(9)10/h4H,2-3H2,1H3,(H,7,11)(H,9,10). The van der Waals surface area contributed by atoms with E-state index in [1.165, 1.54) is 0 Å². The van der Waals surface area contributed by atoms with Gasteiger partial charge in [-0.25, -0.2) is 4.79 Å². The zero-order valence-corrected chi connectivity index (χ0v) is 7.02. The molecule has 0 radical (unpaired) electrons. The molecule has 1 aliphatic rings. The fraction of sp³-hybridized carbons (Fsp3) is 0.667. The maximum Gasteiger partial charge on any atom is 0.410 e. The molecule has 5 heteroatoms. The summed E-state index contributed by atoms with van der Waals surface area (Å²) in [5, 5.41) is 10.7. The first-order valence-electron chi connectivity index (χ1n) is 3.38. The summed E-state index contributed by atoms with van der Waals surface area (Å²) in [6.07, 6.45) is 1.12.